The summed E-state index contributed by atoms with van der Waals surface area (Å²) in [6.45, 7) is 0. The Labute approximate surface area is 193 Å². The number of aldehydes is 1. The first-order valence-corrected chi connectivity index (χ1v) is 9.84. The Balaban J connectivity index is 1.90. The summed E-state index contributed by atoms with van der Waals surface area (Å²) in [5.74, 6) is -1.17. The van der Waals surface area contributed by atoms with Crippen LogP contribution in [0.2, 0.25) is 0 Å². The number of hydrogen-bond acceptors (Lipinski definition) is 5. The van der Waals surface area contributed by atoms with Crippen LogP contribution in [0.3, 0.4) is 0 Å². The number of H-pyrrole nitrogens is 1. The summed E-state index contributed by atoms with van der Waals surface area (Å²) in [7, 11) is 0. The number of nitrogens with zero attached hydrogens (tertiary/aromatic N) is 2. The first-order chi connectivity index (χ1) is 16.1. The Bertz CT molecular complexity index is 1590. The van der Waals surface area contributed by atoms with Crippen LogP contribution in [0.4, 0.5) is 13.2 Å². The first kappa shape index (κ1) is 22.8. The molecule has 0 radical (unpaired) electrons. The number of hydrogen-bond donors (Lipinski definition) is 1. The van der Waals surface area contributed by atoms with Gasteiger partial charge in [0.05, 0.1) is 11.3 Å². The van der Waals surface area contributed by atoms with Crippen molar-refractivity contribution >= 4 is 28.7 Å². The minimum absolute atomic E-state index is 0.202. The van der Waals surface area contributed by atoms with Crippen LogP contribution < -0.4 is 16.0 Å². The van der Waals surface area contributed by atoms with E-state index in [0.29, 0.717) is 28.7 Å². The number of nitriles is 1. The number of halogens is 4. The highest BCUT2D eigenvalue weighted by atomic mass is 35.5. The summed E-state index contributed by atoms with van der Waals surface area (Å²) in [6.07, 6.45) is 0.662. The molecule has 0 fully saturated rings. The molecule has 0 aliphatic carbocycles. The maximum absolute atomic E-state index is 14.8. The molecule has 0 saturated heterocycles. The van der Waals surface area contributed by atoms with Crippen molar-refractivity contribution in [3.05, 3.63) is 98.1 Å². The molecule has 0 aliphatic heterocycles. The topological polar surface area (TPSA) is 105 Å². The van der Waals surface area contributed by atoms with Crippen LogP contribution in [0.5, 0.6) is 11.5 Å². The van der Waals surface area contributed by atoms with Crippen LogP contribution in [0.15, 0.2) is 64.2 Å². The third-order valence-electron chi connectivity index (χ3n) is 4.91. The van der Waals surface area contributed by atoms with Crippen molar-refractivity contribution in [1.82, 2.24) is 9.55 Å². The molecule has 0 atom stereocenters. The van der Waals surface area contributed by atoms with Gasteiger partial charge < -0.3 is 9.72 Å². The lowest BCUT2D eigenvalue weighted by Crippen LogP contribution is -2.36. The van der Waals surface area contributed by atoms with Crippen molar-refractivity contribution in [2.24, 2.45) is 0 Å². The molecule has 11 heteroatoms. The number of benzene rings is 3. The number of aromatic amines is 1. The molecular formula is C23H11ClF3N3O4. The van der Waals surface area contributed by atoms with Gasteiger partial charge in [-0.25, -0.2) is 13.8 Å². The molecule has 4 rings (SSSR count). The number of alkyl halides is 3. The quantitative estimate of drug-likeness (QED) is 0.329. The van der Waals surface area contributed by atoms with E-state index in [1.165, 1.54) is 6.07 Å². The van der Waals surface area contributed by atoms with E-state index < -0.39 is 33.8 Å². The van der Waals surface area contributed by atoms with Gasteiger partial charge in [0, 0.05) is 23.1 Å². The minimum atomic E-state index is -4.02. The van der Waals surface area contributed by atoms with Crippen LogP contribution in [0.1, 0.15) is 21.6 Å². The van der Waals surface area contributed by atoms with Crippen molar-refractivity contribution in [3.63, 3.8) is 0 Å². The Morgan fingerprint density at radius 2 is 1.76 bits per heavy atom. The van der Waals surface area contributed by atoms with Crippen LogP contribution in [0, 0.1) is 17.1 Å². The smallest absolute Gasteiger partial charge is 0.362 e. The molecule has 0 unspecified atom stereocenters. The Hall–Kier alpha value is -4.36. The summed E-state index contributed by atoms with van der Waals surface area (Å²) < 4.78 is 47.5. The van der Waals surface area contributed by atoms with E-state index in [9.17, 15) is 32.8 Å². The van der Waals surface area contributed by atoms with Gasteiger partial charge in [-0.15, -0.1) is 0 Å². The maximum Gasteiger partial charge on any atom is 0.362 e. The zero-order valence-corrected chi connectivity index (χ0v) is 17.6. The molecule has 0 amide bonds. The maximum atomic E-state index is 14.8. The monoisotopic (exact) mass is 485 g/mol. The van der Waals surface area contributed by atoms with Gasteiger partial charge in [0.1, 0.15) is 29.1 Å². The SMILES string of the molecule is N#Cc1cc(F)c(-n2c(=O)cc(C(F)(F)Cl)[nH]c2=O)cc1Oc1cccc2c(C=O)cccc12. The number of aromatic nitrogens is 2. The molecule has 170 valence electrons. The summed E-state index contributed by atoms with van der Waals surface area (Å²) in [6, 6.07) is 13.5. The van der Waals surface area contributed by atoms with E-state index in [1.54, 1.807) is 41.4 Å². The largest absolute Gasteiger partial charge is 0.455 e. The molecule has 1 aromatic heterocycles. The van der Waals surface area contributed by atoms with Crippen LogP contribution in [0.25, 0.3) is 16.5 Å². The predicted molar refractivity (Wildman–Crippen MR) is 116 cm³/mol. The van der Waals surface area contributed by atoms with Crippen LogP contribution >= 0.6 is 11.6 Å². The standard InChI is InChI=1S/C23H11ClF3N3O4/c24-23(26,27)20-9-21(32)30(22(33)29-20)17-8-19(13(10-28)7-16(17)25)34-18-6-2-4-14-12(11-31)3-1-5-15(14)18/h1-9,11H,(H,29,33). The van der Waals surface area contributed by atoms with E-state index in [2.05, 4.69) is 0 Å². The van der Waals surface area contributed by atoms with E-state index in [4.69, 9.17) is 16.3 Å². The number of carbonyl (C=O) groups excluding carboxylic acids is 1. The van der Waals surface area contributed by atoms with E-state index in [0.717, 1.165) is 12.1 Å². The van der Waals surface area contributed by atoms with Crippen molar-refractivity contribution < 1.29 is 22.7 Å². The van der Waals surface area contributed by atoms with Gasteiger partial charge in [-0.3, -0.25) is 9.59 Å². The zero-order chi connectivity index (χ0) is 24.6. The molecule has 0 saturated carbocycles. The van der Waals surface area contributed by atoms with E-state index in [1.807, 2.05) is 0 Å². The molecular weight excluding hydrogens is 475 g/mol. The zero-order valence-electron chi connectivity index (χ0n) is 16.8. The average Bonchev–Trinajstić information content (AvgIpc) is 2.79. The van der Waals surface area contributed by atoms with Crippen molar-refractivity contribution in [1.29, 1.82) is 5.26 Å². The normalized spacial score (nSPS) is 11.3. The molecule has 0 spiro atoms. The fourth-order valence-electron chi connectivity index (χ4n) is 3.38. The molecule has 7 nitrogen and oxygen atoms in total. The highest BCUT2D eigenvalue weighted by Gasteiger charge is 2.31. The number of carbonyl (C=O) groups is 1. The van der Waals surface area contributed by atoms with Crippen LogP contribution in [-0.4, -0.2) is 15.8 Å². The summed E-state index contributed by atoms with van der Waals surface area (Å²) in [4.78, 5) is 37.8. The number of nitrogens with one attached hydrogen (secondary N) is 1. The fourth-order valence-corrected chi connectivity index (χ4v) is 3.48. The lowest BCUT2D eigenvalue weighted by Gasteiger charge is -2.14. The second kappa shape index (κ2) is 8.53. The minimum Gasteiger partial charge on any atom is -0.455 e. The van der Waals surface area contributed by atoms with Crippen molar-refractivity contribution in [2.45, 2.75) is 5.38 Å². The summed E-state index contributed by atoms with van der Waals surface area (Å²) >= 11 is 4.85. The van der Waals surface area contributed by atoms with Crippen molar-refractivity contribution in [3.8, 4) is 23.3 Å². The van der Waals surface area contributed by atoms with E-state index >= 15 is 0 Å². The van der Waals surface area contributed by atoms with E-state index in [-0.39, 0.29) is 21.6 Å². The molecule has 3 aromatic carbocycles. The molecule has 34 heavy (non-hydrogen) atoms. The third-order valence-corrected chi connectivity index (χ3v) is 5.11. The van der Waals surface area contributed by atoms with Crippen molar-refractivity contribution in [2.75, 3.05) is 0 Å². The lowest BCUT2D eigenvalue weighted by molar-refractivity contribution is 0.0892. The van der Waals surface area contributed by atoms with Crippen LogP contribution in [-0.2, 0) is 5.38 Å². The highest BCUT2D eigenvalue weighted by molar-refractivity contribution is 6.21. The number of fused-ring (bicyclic) bond motifs is 1. The highest BCUT2D eigenvalue weighted by Crippen LogP contribution is 2.34. The lowest BCUT2D eigenvalue weighted by atomic mass is 10.0. The molecule has 4 aromatic rings. The first-order valence-electron chi connectivity index (χ1n) is 9.46. The predicted octanol–water partition coefficient (Wildman–Crippen LogP) is 4.58. The Morgan fingerprint density at radius 3 is 2.41 bits per heavy atom. The molecule has 0 bridgehead atoms. The van der Waals surface area contributed by atoms with Gasteiger partial charge in [-0.2, -0.15) is 14.0 Å². The average molecular weight is 486 g/mol. The van der Waals surface area contributed by atoms with Gasteiger partial charge >= 0.3 is 11.1 Å². The van der Waals surface area contributed by atoms with Gasteiger partial charge in [0.15, 0.2) is 6.29 Å². The molecule has 1 heterocycles. The van der Waals surface area contributed by atoms with Gasteiger partial charge in [-0.1, -0.05) is 30.3 Å². The molecule has 0 aliphatic rings. The Morgan fingerprint density at radius 1 is 1.06 bits per heavy atom. The summed E-state index contributed by atoms with van der Waals surface area (Å²) in [5.41, 5.74) is -4.34. The third kappa shape index (κ3) is 4.04. The second-order valence-electron chi connectivity index (χ2n) is 6.99. The molecule has 1 N–H and O–H groups in total. The number of ether oxygens (including phenoxy) is 1. The number of rotatable bonds is 5. The van der Waals surface area contributed by atoms with Gasteiger partial charge in [-0.05, 0) is 29.1 Å². The Kier molecular flexibility index (Phi) is 5.73. The van der Waals surface area contributed by atoms with Gasteiger partial charge in [0.25, 0.3) is 5.56 Å². The second-order valence-corrected chi connectivity index (χ2v) is 7.46. The fraction of sp³-hybridized carbons (Fsp3) is 0.0435. The van der Waals surface area contributed by atoms with Gasteiger partial charge in [0.2, 0.25) is 0 Å². The summed E-state index contributed by atoms with van der Waals surface area (Å²) in [5, 5.41) is 6.47.